The first-order valence-electron chi connectivity index (χ1n) is 7.88. The largest absolute Gasteiger partial charge is 0.573 e. The highest BCUT2D eigenvalue weighted by molar-refractivity contribution is 6.11. The second-order valence-corrected chi connectivity index (χ2v) is 5.63. The minimum Gasteiger partial charge on any atom is -0.406 e. The lowest BCUT2D eigenvalue weighted by Gasteiger charge is -2.10. The zero-order valence-corrected chi connectivity index (χ0v) is 14.2. The molecule has 0 saturated heterocycles. The summed E-state index contributed by atoms with van der Waals surface area (Å²) in [6.45, 7) is 0.284. The van der Waals surface area contributed by atoms with E-state index in [9.17, 15) is 18.0 Å². The van der Waals surface area contributed by atoms with Gasteiger partial charge < -0.3 is 14.6 Å². The van der Waals surface area contributed by atoms with Gasteiger partial charge in [0.15, 0.2) is 5.78 Å². The number of aromatic nitrogens is 3. The Hall–Kier alpha value is -3.36. The summed E-state index contributed by atoms with van der Waals surface area (Å²) in [5, 5.41) is 2.83. The monoisotopic (exact) mass is 376 g/mol. The number of hydrogen-bond acceptors (Lipinski definition) is 5. The van der Waals surface area contributed by atoms with Crippen LogP contribution in [0.5, 0.6) is 5.75 Å². The van der Waals surface area contributed by atoms with Gasteiger partial charge in [-0.2, -0.15) is 0 Å². The quantitative estimate of drug-likeness (QED) is 0.667. The molecule has 0 aliphatic rings. The van der Waals surface area contributed by atoms with Crippen molar-refractivity contribution in [3.8, 4) is 5.75 Å². The molecule has 9 heteroatoms. The van der Waals surface area contributed by atoms with Crippen LogP contribution in [0.25, 0.3) is 0 Å². The van der Waals surface area contributed by atoms with Crippen LogP contribution in [0.15, 0.2) is 55.2 Å². The van der Waals surface area contributed by atoms with E-state index in [1.807, 2.05) is 0 Å². The molecule has 0 spiro atoms. The molecule has 3 rings (SSSR count). The standard InChI is InChI=1S/C18H15F3N4O2/c1-22-17-15(8-23-11-24-17)16(26)13-5-6-25(10-13)9-12-3-2-4-14(7-12)27-18(19,20)21/h2-8,10-11H,9H2,1H3,(H,22,23,24). The second kappa shape index (κ2) is 7.48. The summed E-state index contributed by atoms with van der Waals surface area (Å²) < 4.78 is 42.6. The van der Waals surface area contributed by atoms with Crippen LogP contribution in [0, 0.1) is 0 Å². The average molecular weight is 376 g/mol. The zero-order chi connectivity index (χ0) is 19.4. The Balaban J connectivity index is 1.77. The molecule has 2 heterocycles. The maximum Gasteiger partial charge on any atom is 0.573 e. The first kappa shape index (κ1) is 18.4. The highest BCUT2D eigenvalue weighted by atomic mass is 19.4. The predicted molar refractivity (Wildman–Crippen MR) is 91.7 cm³/mol. The average Bonchev–Trinajstić information content (AvgIpc) is 3.08. The lowest BCUT2D eigenvalue weighted by Crippen LogP contribution is -2.17. The third-order valence-electron chi connectivity index (χ3n) is 3.70. The van der Waals surface area contributed by atoms with E-state index in [4.69, 9.17) is 0 Å². The number of ketones is 1. The van der Waals surface area contributed by atoms with Crippen LogP contribution in [-0.4, -0.2) is 33.7 Å². The fraction of sp³-hybridized carbons (Fsp3) is 0.167. The van der Waals surface area contributed by atoms with Crippen molar-refractivity contribution in [1.82, 2.24) is 14.5 Å². The molecule has 1 N–H and O–H groups in total. The molecular weight excluding hydrogens is 361 g/mol. The van der Waals surface area contributed by atoms with E-state index in [1.54, 1.807) is 36.1 Å². The Morgan fingerprint density at radius 3 is 2.85 bits per heavy atom. The highest BCUT2D eigenvalue weighted by Crippen LogP contribution is 2.24. The maximum atomic E-state index is 12.6. The number of hydrogen-bond donors (Lipinski definition) is 1. The van der Waals surface area contributed by atoms with Crippen molar-refractivity contribution in [1.29, 1.82) is 0 Å². The topological polar surface area (TPSA) is 69.0 Å². The third-order valence-corrected chi connectivity index (χ3v) is 3.70. The molecular formula is C18H15F3N4O2. The number of carbonyl (C=O) groups is 1. The summed E-state index contributed by atoms with van der Waals surface area (Å²) in [5.74, 6) is -0.129. The molecule has 6 nitrogen and oxygen atoms in total. The lowest BCUT2D eigenvalue weighted by atomic mass is 10.1. The number of rotatable bonds is 6. The molecule has 0 fully saturated rings. The molecule has 0 saturated carbocycles. The molecule has 1 aromatic carbocycles. The number of benzene rings is 1. The number of alkyl halides is 3. The van der Waals surface area contributed by atoms with Crippen LogP contribution in [0.3, 0.4) is 0 Å². The summed E-state index contributed by atoms with van der Waals surface area (Å²) in [5.41, 5.74) is 1.35. The van der Waals surface area contributed by atoms with Crippen LogP contribution in [0.4, 0.5) is 19.0 Å². The Labute approximate surface area is 152 Å². The van der Waals surface area contributed by atoms with E-state index in [0.717, 1.165) is 0 Å². The van der Waals surface area contributed by atoms with Crippen molar-refractivity contribution in [3.05, 3.63) is 71.9 Å². The van der Waals surface area contributed by atoms with Crippen LogP contribution in [-0.2, 0) is 6.54 Å². The van der Waals surface area contributed by atoms with Crippen molar-refractivity contribution in [3.63, 3.8) is 0 Å². The van der Waals surface area contributed by atoms with Gasteiger partial charge in [0, 0.05) is 37.7 Å². The molecule has 3 aromatic rings. The van der Waals surface area contributed by atoms with Crippen molar-refractivity contribution >= 4 is 11.6 Å². The van der Waals surface area contributed by atoms with Gasteiger partial charge in [0.2, 0.25) is 0 Å². The Morgan fingerprint density at radius 2 is 2.11 bits per heavy atom. The minimum absolute atomic E-state index is 0.257. The first-order chi connectivity index (χ1) is 12.9. The summed E-state index contributed by atoms with van der Waals surface area (Å²) in [4.78, 5) is 20.5. The number of carbonyl (C=O) groups excluding carboxylic acids is 1. The zero-order valence-electron chi connectivity index (χ0n) is 14.2. The van der Waals surface area contributed by atoms with Crippen LogP contribution < -0.4 is 10.1 Å². The second-order valence-electron chi connectivity index (χ2n) is 5.63. The van der Waals surface area contributed by atoms with Crippen LogP contribution >= 0.6 is 0 Å². The summed E-state index contributed by atoms with van der Waals surface area (Å²) in [6, 6.07) is 7.32. The molecule has 0 amide bonds. The molecule has 0 atom stereocenters. The lowest BCUT2D eigenvalue weighted by molar-refractivity contribution is -0.274. The minimum atomic E-state index is -4.74. The van der Waals surface area contributed by atoms with Gasteiger partial charge in [0.25, 0.3) is 0 Å². The fourth-order valence-electron chi connectivity index (χ4n) is 2.58. The number of nitrogens with one attached hydrogen (secondary N) is 1. The Morgan fingerprint density at radius 1 is 1.30 bits per heavy atom. The summed E-state index contributed by atoms with van der Waals surface area (Å²) >= 11 is 0. The highest BCUT2D eigenvalue weighted by Gasteiger charge is 2.31. The molecule has 27 heavy (non-hydrogen) atoms. The van der Waals surface area contributed by atoms with E-state index < -0.39 is 6.36 Å². The summed E-state index contributed by atoms with van der Waals surface area (Å²) in [7, 11) is 1.65. The molecule has 0 bridgehead atoms. The predicted octanol–water partition coefficient (Wildman–Crippen LogP) is 3.50. The normalized spacial score (nSPS) is 11.3. The van der Waals surface area contributed by atoms with Gasteiger partial charge in [-0.3, -0.25) is 4.79 Å². The van der Waals surface area contributed by atoms with Crippen molar-refractivity contribution in [2.45, 2.75) is 12.9 Å². The number of nitrogens with zero attached hydrogens (tertiary/aromatic N) is 3. The first-order valence-corrected chi connectivity index (χ1v) is 7.88. The van der Waals surface area contributed by atoms with Gasteiger partial charge in [0.1, 0.15) is 17.9 Å². The molecule has 0 unspecified atom stereocenters. The van der Waals surface area contributed by atoms with E-state index in [1.165, 1.54) is 30.7 Å². The van der Waals surface area contributed by atoms with Crippen LogP contribution in [0.1, 0.15) is 21.5 Å². The smallest absolute Gasteiger partial charge is 0.406 e. The van der Waals surface area contributed by atoms with Gasteiger partial charge in [-0.25, -0.2) is 9.97 Å². The number of anilines is 1. The van der Waals surface area contributed by atoms with Crippen molar-refractivity contribution in [2.75, 3.05) is 12.4 Å². The fourth-order valence-corrected chi connectivity index (χ4v) is 2.58. The number of halogens is 3. The Kier molecular flexibility index (Phi) is 5.11. The molecule has 140 valence electrons. The molecule has 0 aliphatic carbocycles. The SMILES string of the molecule is CNc1ncncc1C(=O)c1ccn(Cc2cccc(OC(F)(F)F)c2)c1. The third kappa shape index (κ3) is 4.63. The van der Waals surface area contributed by atoms with Gasteiger partial charge in [-0.05, 0) is 23.8 Å². The maximum absolute atomic E-state index is 12.6. The van der Waals surface area contributed by atoms with Gasteiger partial charge in [0.05, 0.1) is 5.56 Å². The van der Waals surface area contributed by atoms with Gasteiger partial charge >= 0.3 is 6.36 Å². The van der Waals surface area contributed by atoms with E-state index >= 15 is 0 Å². The van der Waals surface area contributed by atoms with E-state index in [-0.39, 0.29) is 18.1 Å². The Bertz CT molecular complexity index is 954. The van der Waals surface area contributed by atoms with E-state index in [2.05, 4.69) is 20.0 Å². The number of ether oxygens (including phenoxy) is 1. The van der Waals surface area contributed by atoms with Gasteiger partial charge in [-0.15, -0.1) is 13.2 Å². The van der Waals surface area contributed by atoms with Crippen LogP contribution in [0.2, 0.25) is 0 Å². The van der Waals surface area contributed by atoms with E-state index in [0.29, 0.717) is 22.5 Å². The molecule has 0 aliphatic heterocycles. The van der Waals surface area contributed by atoms with Crippen molar-refractivity contribution < 1.29 is 22.7 Å². The molecule has 0 radical (unpaired) electrons. The summed E-state index contributed by atoms with van der Waals surface area (Å²) in [6.07, 6.45) is 1.31. The van der Waals surface area contributed by atoms with Crippen molar-refractivity contribution in [2.24, 2.45) is 0 Å². The molecule has 2 aromatic heterocycles. The van der Waals surface area contributed by atoms with Gasteiger partial charge in [-0.1, -0.05) is 12.1 Å².